The Balaban J connectivity index is 2.13. The van der Waals surface area contributed by atoms with Crippen molar-refractivity contribution in [3.63, 3.8) is 0 Å². The van der Waals surface area contributed by atoms with Crippen LogP contribution in [0.15, 0.2) is 42.5 Å². The number of nitrogens with zero attached hydrogens (tertiary/aromatic N) is 2. The predicted molar refractivity (Wildman–Crippen MR) is 68.5 cm³/mol. The summed E-state index contributed by atoms with van der Waals surface area (Å²) in [7, 11) is 0. The molecule has 0 amide bonds. The van der Waals surface area contributed by atoms with Crippen molar-refractivity contribution in [3.8, 4) is 11.8 Å². The Bertz CT molecular complexity index is 695. The molecule has 0 saturated heterocycles. The normalized spacial score (nSPS) is 9.80. The number of rotatable bonds is 4. The van der Waals surface area contributed by atoms with E-state index >= 15 is 0 Å². The van der Waals surface area contributed by atoms with Gasteiger partial charge in [-0.25, -0.2) is 4.39 Å². The van der Waals surface area contributed by atoms with Crippen molar-refractivity contribution < 1.29 is 14.1 Å². The highest BCUT2D eigenvalue weighted by molar-refractivity contribution is 5.38. The molecule has 0 saturated carbocycles. The third-order valence-electron chi connectivity index (χ3n) is 2.52. The Morgan fingerprint density at radius 3 is 2.80 bits per heavy atom. The average molecular weight is 272 g/mol. The first kappa shape index (κ1) is 13.5. The van der Waals surface area contributed by atoms with Crippen LogP contribution in [-0.4, -0.2) is 4.92 Å². The zero-order valence-electron chi connectivity index (χ0n) is 10.2. The lowest BCUT2D eigenvalue weighted by Gasteiger charge is -2.06. The number of benzene rings is 2. The van der Waals surface area contributed by atoms with E-state index in [0.29, 0.717) is 11.3 Å². The van der Waals surface area contributed by atoms with E-state index < -0.39 is 10.7 Å². The van der Waals surface area contributed by atoms with Crippen molar-refractivity contribution in [1.29, 1.82) is 5.26 Å². The van der Waals surface area contributed by atoms with Gasteiger partial charge in [-0.3, -0.25) is 10.1 Å². The van der Waals surface area contributed by atoms with Crippen LogP contribution in [0.4, 0.5) is 10.1 Å². The summed E-state index contributed by atoms with van der Waals surface area (Å²) in [5, 5.41) is 19.4. The van der Waals surface area contributed by atoms with E-state index in [4.69, 9.17) is 10.00 Å². The Morgan fingerprint density at radius 2 is 2.10 bits per heavy atom. The zero-order chi connectivity index (χ0) is 14.5. The largest absolute Gasteiger partial charge is 0.489 e. The van der Waals surface area contributed by atoms with Gasteiger partial charge in [-0.2, -0.15) is 5.26 Å². The average Bonchev–Trinajstić information content (AvgIpc) is 2.44. The van der Waals surface area contributed by atoms with Crippen molar-refractivity contribution in [2.75, 3.05) is 0 Å². The molecule has 2 aromatic rings. The highest BCUT2D eigenvalue weighted by atomic mass is 19.1. The number of ether oxygens (including phenoxy) is 1. The highest BCUT2D eigenvalue weighted by Crippen LogP contribution is 2.20. The molecule has 0 heterocycles. The smallest absolute Gasteiger partial charge is 0.273 e. The molecule has 0 aliphatic rings. The first-order chi connectivity index (χ1) is 9.58. The SMILES string of the molecule is N#Cc1cc(F)cc(COc2cccc([N+](=O)[O-])c2)c1. The summed E-state index contributed by atoms with van der Waals surface area (Å²) < 4.78 is 18.6. The molecular weight excluding hydrogens is 263 g/mol. The Labute approximate surface area is 114 Å². The van der Waals surface area contributed by atoms with Gasteiger partial charge in [-0.1, -0.05) is 6.07 Å². The summed E-state index contributed by atoms with van der Waals surface area (Å²) in [5.41, 5.74) is 0.593. The molecule has 0 unspecified atom stereocenters. The van der Waals surface area contributed by atoms with E-state index in [1.54, 1.807) is 6.07 Å². The fourth-order valence-electron chi connectivity index (χ4n) is 1.65. The van der Waals surface area contributed by atoms with Gasteiger partial charge in [0.2, 0.25) is 0 Å². The van der Waals surface area contributed by atoms with Gasteiger partial charge in [-0.05, 0) is 29.8 Å². The molecule has 0 N–H and O–H groups in total. The third-order valence-corrected chi connectivity index (χ3v) is 2.52. The number of nitro groups is 1. The third kappa shape index (κ3) is 3.29. The monoisotopic (exact) mass is 272 g/mol. The molecular formula is C14H9FN2O3. The maximum Gasteiger partial charge on any atom is 0.273 e. The van der Waals surface area contributed by atoms with Gasteiger partial charge >= 0.3 is 0 Å². The van der Waals surface area contributed by atoms with Gasteiger partial charge in [0, 0.05) is 6.07 Å². The molecule has 0 spiro atoms. The quantitative estimate of drug-likeness (QED) is 0.632. The molecule has 100 valence electrons. The standard InChI is InChI=1S/C14H9FN2O3/c15-12-5-10(8-16)4-11(6-12)9-20-14-3-1-2-13(7-14)17(18)19/h1-7H,9H2. The van der Waals surface area contributed by atoms with Gasteiger partial charge in [0.25, 0.3) is 5.69 Å². The molecule has 5 nitrogen and oxygen atoms in total. The number of hydrogen-bond donors (Lipinski definition) is 0. The van der Waals surface area contributed by atoms with Gasteiger partial charge in [0.1, 0.15) is 18.2 Å². The van der Waals surface area contributed by atoms with Crippen molar-refractivity contribution in [1.82, 2.24) is 0 Å². The molecule has 0 radical (unpaired) electrons. The fourth-order valence-corrected chi connectivity index (χ4v) is 1.65. The van der Waals surface area contributed by atoms with Crippen molar-refractivity contribution in [2.24, 2.45) is 0 Å². The van der Waals surface area contributed by atoms with E-state index in [1.807, 2.05) is 6.07 Å². The van der Waals surface area contributed by atoms with Gasteiger partial charge < -0.3 is 4.74 Å². The lowest BCUT2D eigenvalue weighted by atomic mass is 10.1. The molecule has 2 aromatic carbocycles. The summed E-state index contributed by atoms with van der Waals surface area (Å²) in [6, 6.07) is 11.4. The molecule has 0 aromatic heterocycles. The van der Waals surface area contributed by atoms with Crippen molar-refractivity contribution in [3.05, 3.63) is 69.5 Å². The number of nitro benzene ring substituents is 1. The second-order valence-electron chi connectivity index (χ2n) is 4.00. The minimum atomic E-state index is -0.526. The molecule has 20 heavy (non-hydrogen) atoms. The van der Waals surface area contributed by atoms with Crippen LogP contribution in [0.25, 0.3) is 0 Å². The summed E-state index contributed by atoms with van der Waals surface area (Å²) >= 11 is 0. The minimum Gasteiger partial charge on any atom is -0.489 e. The molecule has 0 aliphatic carbocycles. The van der Waals surface area contributed by atoms with Crippen LogP contribution in [0.5, 0.6) is 5.75 Å². The van der Waals surface area contributed by atoms with Gasteiger partial charge in [0.05, 0.1) is 22.6 Å². The van der Waals surface area contributed by atoms with E-state index in [0.717, 1.165) is 6.07 Å². The Hall–Kier alpha value is -2.94. The van der Waals surface area contributed by atoms with E-state index in [2.05, 4.69) is 0 Å². The van der Waals surface area contributed by atoms with Gasteiger partial charge in [0.15, 0.2) is 0 Å². The predicted octanol–water partition coefficient (Wildman–Crippen LogP) is 3.18. The maximum absolute atomic E-state index is 13.2. The van der Waals surface area contributed by atoms with Gasteiger partial charge in [-0.15, -0.1) is 0 Å². The van der Waals surface area contributed by atoms with Crippen molar-refractivity contribution in [2.45, 2.75) is 6.61 Å². The van der Waals surface area contributed by atoms with Crippen molar-refractivity contribution >= 4 is 5.69 Å². The maximum atomic E-state index is 13.2. The minimum absolute atomic E-state index is 0.0214. The number of non-ortho nitro benzene ring substituents is 1. The molecule has 0 bridgehead atoms. The molecule has 0 aliphatic heterocycles. The van der Waals surface area contributed by atoms with Crippen LogP contribution in [0, 0.1) is 27.3 Å². The molecule has 6 heteroatoms. The molecule has 2 rings (SSSR count). The summed E-state index contributed by atoms with van der Waals surface area (Å²) in [6.07, 6.45) is 0. The van der Waals surface area contributed by atoms with Crippen LogP contribution < -0.4 is 4.74 Å². The second kappa shape index (κ2) is 5.80. The second-order valence-corrected chi connectivity index (χ2v) is 4.00. The van der Waals surface area contributed by atoms with Crippen LogP contribution >= 0.6 is 0 Å². The number of nitriles is 1. The zero-order valence-corrected chi connectivity index (χ0v) is 10.2. The summed E-state index contributed by atoms with van der Waals surface area (Å²) in [4.78, 5) is 10.1. The van der Waals surface area contributed by atoms with E-state index in [-0.39, 0.29) is 17.9 Å². The molecule has 0 atom stereocenters. The first-order valence-corrected chi connectivity index (χ1v) is 5.65. The molecule has 0 fully saturated rings. The van der Waals surface area contributed by atoms with E-state index in [9.17, 15) is 14.5 Å². The van der Waals surface area contributed by atoms with E-state index in [1.165, 1.54) is 30.3 Å². The summed E-state index contributed by atoms with van der Waals surface area (Å²) in [6.45, 7) is 0.0214. The van der Waals surface area contributed by atoms with Crippen LogP contribution in [-0.2, 0) is 6.61 Å². The van der Waals surface area contributed by atoms with Crippen LogP contribution in [0.3, 0.4) is 0 Å². The van der Waals surface area contributed by atoms with Crippen LogP contribution in [0.2, 0.25) is 0 Å². The first-order valence-electron chi connectivity index (χ1n) is 5.65. The lowest BCUT2D eigenvalue weighted by Crippen LogP contribution is -1.97. The highest BCUT2D eigenvalue weighted by Gasteiger charge is 2.07. The Kier molecular flexibility index (Phi) is 3.91. The summed E-state index contributed by atoms with van der Waals surface area (Å²) in [5.74, 6) is -0.219. The fraction of sp³-hybridized carbons (Fsp3) is 0.0714. The lowest BCUT2D eigenvalue weighted by molar-refractivity contribution is -0.384. The Morgan fingerprint density at radius 1 is 1.30 bits per heavy atom. The van der Waals surface area contributed by atoms with Crippen LogP contribution in [0.1, 0.15) is 11.1 Å². The topological polar surface area (TPSA) is 76.2 Å². The number of hydrogen-bond acceptors (Lipinski definition) is 4. The number of halogens is 1.